The summed E-state index contributed by atoms with van der Waals surface area (Å²) in [6, 6.07) is 0. The highest BCUT2D eigenvalue weighted by atomic mass is 35.7. The Morgan fingerprint density at radius 1 is 1.42 bits per heavy atom. The normalized spacial score (nSPS) is 20.8. The Morgan fingerprint density at radius 3 is 2.33 bits per heavy atom. The van der Waals surface area contributed by atoms with Crippen LogP contribution >= 0.6 is 10.7 Å². The average molecular weight is 210 g/mol. The van der Waals surface area contributed by atoms with Crippen LogP contribution in [0.1, 0.15) is 12.8 Å². The molecule has 1 saturated heterocycles. The molecule has 1 aliphatic rings. The van der Waals surface area contributed by atoms with E-state index >= 15 is 0 Å². The van der Waals surface area contributed by atoms with Crippen LogP contribution in [0.15, 0.2) is 11.5 Å². The lowest BCUT2D eigenvalue weighted by molar-refractivity contribution is 0.429. The van der Waals surface area contributed by atoms with Crippen molar-refractivity contribution in [2.45, 2.75) is 12.8 Å². The van der Waals surface area contributed by atoms with E-state index < -0.39 is 9.05 Å². The van der Waals surface area contributed by atoms with Crippen molar-refractivity contribution in [3.63, 3.8) is 0 Å². The third-order valence-corrected chi connectivity index (χ3v) is 3.66. The Bertz CT molecular complexity index is 267. The van der Waals surface area contributed by atoms with Gasteiger partial charge in [-0.05, 0) is 31.8 Å². The second-order valence-corrected chi connectivity index (χ2v) is 5.55. The standard InChI is InChI=1S/C7H12ClNO2S/c1-6(12(8,10)11)7-2-4-9-5-3-7/h7,9H,1-5H2. The van der Waals surface area contributed by atoms with Crippen molar-refractivity contribution in [3.8, 4) is 0 Å². The number of nitrogens with one attached hydrogen (secondary N) is 1. The summed E-state index contributed by atoms with van der Waals surface area (Å²) in [5, 5.41) is 3.14. The number of rotatable bonds is 2. The minimum atomic E-state index is -3.55. The fourth-order valence-corrected chi connectivity index (χ4v) is 2.35. The van der Waals surface area contributed by atoms with Gasteiger partial charge in [-0.15, -0.1) is 0 Å². The van der Waals surface area contributed by atoms with E-state index in [2.05, 4.69) is 11.9 Å². The maximum Gasteiger partial charge on any atom is 0.257 e. The van der Waals surface area contributed by atoms with Gasteiger partial charge in [-0.2, -0.15) is 0 Å². The molecule has 1 fully saturated rings. The van der Waals surface area contributed by atoms with Gasteiger partial charge in [0.15, 0.2) is 0 Å². The highest BCUT2D eigenvalue weighted by Crippen LogP contribution is 2.26. The molecule has 0 aromatic rings. The molecule has 1 heterocycles. The van der Waals surface area contributed by atoms with Crippen molar-refractivity contribution >= 4 is 19.7 Å². The van der Waals surface area contributed by atoms with Crippen LogP contribution in [0.2, 0.25) is 0 Å². The van der Waals surface area contributed by atoms with E-state index in [1.165, 1.54) is 0 Å². The summed E-state index contributed by atoms with van der Waals surface area (Å²) in [6.45, 7) is 5.19. The average Bonchev–Trinajstić information content (AvgIpc) is 2.03. The zero-order valence-corrected chi connectivity index (χ0v) is 8.29. The van der Waals surface area contributed by atoms with Gasteiger partial charge in [0.2, 0.25) is 0 Å². The summed E-state index contributed by atoms with van der Waals surface area (Å²) in [5.41, 5.74) is 0. The largest absolute Gasteiger partial charge is 0.317 e. The van der Waals surface area contributed by atoms with Crippen LogP contribution in [0.4, 0.5) is 0 Å². The summed E-state index contributed by atoms with van der Waals surface area (Å²) in [4.78, 5) is 0.172. The summed E-state index contributed by atoms with van der Waals surface area (Å²) in [6.07, 6.45) is 1.62. The predicted octanol–water partition coefficient (Wildman–Crippen LogP) is 1.07. The Hall–Kier alpha value is -0.0600. The third kappa shape index (κ3) is 2.47. The van der Waals surface area contributed by atoms with Crippen LogP contribution in [0.5, 0.6) is 0 Å². The Morgan fingerprint density at radius 2 is 1.92 bits per heavy atom. The molecule has 12 heavy (non-hydrogen) atoms. The van der Waals surface area contributed by atoms with Crippen molar-refractivity contribution in [3.05, 3.63) is 11.5 Å². The molecule has 0 aliphatic carbocycles. The first-order valence-electron chi connectivity index (χ1n) is 3.86. The molecule has 0 aromatic carbocycles. The first kappa shape index (κ1) is 10.0. The van der Waals surface area contributed by atoms with Crippen LogP contribution in [0, 0.1) is 5.92 Å². The highest BCUT2D eigenvalue weighted by molar-refractivity contribution is 8.16. The second kappa shape index (κ2) is 3.77. The number of piperidine rings is 1. The molecule has 0 spiro atoms. The van der Waals surface area contributed by atoms with E-state index in [1.807, 2.05) is 0 Å². The zero-order valence-electron chi connectivity index (χ0n) is 6.72. The Kier molecular flexibility index (Phi) is 3.15. The van der Waals surface area contributed by atoms with E-state index in [-0.39, 0.29) is 10.8 Å². The van der Waals surface area contributed by atoms with Gasteiger partial charge >= 0.3 is 0 Å². The minimum Gasteiger partial charge on any atom is -0.317 e. The summed E-state index contributed by atoms with van der Waals surface area (Å²) in [7, 11) is 1.62. The molecule has 0 aromatic heterocycles. The topological polar surface area (TPSA) is 46.2 Å². The van der Waals surface area contributed by atoms with Gasteiger partial charge in [0.25, 0.3) is 9.05 Å². The van der Waals surface area contributed by atoms with E-state index in [0.717, 1.165) is 25.9 Å². The Balaban J connectivity index is 2.64. The molecule has 70 valence electrons. The lowest BCUT2D eigenvalue weighted by Gasteiger charge is -2.22. The lowest BCUT2D eigenvalue weighted by atomic mass is 9.98. The molecular weight excluding hydrogens is 198 g/mol. The molecule has 1 N–H and O–H groups in total. The third-order valence-electron chi connectivity index (χ3n) is 2.11. The number of hydrogen-bond donors (Lipinski definition) is 1. The fraction of sp³-hybridized carbons (Fsp3) is 0.714. The monoisotopic (exact) mass is 209 g/mol. The number of allylic oxidation sites excluding steroid dienone is 1. The zero-order chi connectivity index (χ0) is 9.19. The maximum absolute atomic E-state index is 10.9. The van der Waals surface area contributed by atoms with Crippen molar-refractivity contribution in [1.29, 1.82) is 0 Å². The lowest BCUT2D eigenvalue weighted by Crippen LogP contribution is -2.29. The molecule has 1 aliphatic heterocycles. The molecule has 5 heteroatoms. The van der Waals surface area contributed by atoms with Crippen LogP contribution in [-0.2, 0) is 9.05 Å². The first-order chi connectivity index (χ1) is 5.52. The predicted molar refractivity (Wildman–Crippen MR) is 49.5 cm³/mol. The van der Waals surface area contributed by atoms with Crippen LogP contribution in [0.25, 0.3) is 0 Å². The number of hydrogen-bond acceptors (Lipinski definition) is 3. The quantitative estimate of drug-likeness (QED) is 0.693. The van der Waals surface area contributed by atoms with Gasteiger partial charge in [0.05, 0.1) is 4.91 Å². The maximum atomic E-state index is 10.9. The van der Waals surface area contributed by atoms with Gasteiger partial charge in [0, 0.05) is 10.7 Å². The van der Waals surface area contributed by atoms with Crippen LogP contribution in [0.3, 0.4) is 0 Å². The SMILES string of the molecule is C=C(C1CCNCC1)S(=O)(=O)Cl. The summed E-state index contributed by atoms with van der Waals surface area (Å²) < 4.78 is 21.8. The molecule has 0 radical (unpaired) electrons. The van der Waals surface area contributed by atoms with Crippen LogP contribution < -0.4 is 5.32 Å². The van der Waals surface area contributed by atoms with E-state index in [9.17, 15) is 8.42 Å². The summed E-state index contributed by atoms with van der Waals surface area (Å²) in [5.74, 6) is 0.0359. The van der Waals surface area contributed by atoms with Gasteiger partial charge in [-0.1, -0.05) is 6.58 Å². The van der Waals surface area contributed by atoms with E-state index in [1.54, 1.807) is 0 Å². The van der Waals surface area contributed by atoms with Gasteiger partial charge < -0.3 is 5.32 Å². The van der Waals surface area contributed by atoms with Crippen molar-refractivity contribution in [2.24, 2.45) is 5.92 Å². The number of halogens is 1. The highest BCUT2D eigenvalue weighted by Gasteiger charge is 2.23. The first-order valence-corrected chi connectivity index (χ1v) is 6.17. The smallest absolute Gasteiger partial charge is 0.257 e. The molecule has 0 unspecified atom stereocenters. The molecule has 3 nitrogen and oxygen atoms in total. The van der Waals surface area contributed by atoms with E-state index in [0.29, 0.717) is 0 Å². The van der Waals surface area contributed by atoms with Crippen molar-refractivity contribution < 1.29 is 8.42 Å². The van der Waals surface area contributed by atoms with Gasteiger partial charge in [-0.3, -0.25) is 0 Å². The Labute approximate surface area is 77.2 Å². The van der Waals surface area contributed by atoms with Crippen molar-refractivity contribution in [2.75, 3.05) is 13.1 Å². The molecule has 1 rings (SSSR count). The summed E-state index contributed by atoms with van der Waals surface area (Å²) >= 11 is 0. The molecule has 0 amide bonds. The van der Waals surface area contributed by atoms with Crippen molar-refractivity contribution in [1.82, 2.24) is 5.32 Å². The second-order valence-electron chi connectivity index (χ2n) is 2.93. The molecule has 0 saturated carbocycles. The molecular formula is C7H12ClNO2S. The molecule has 0 bridgehead atoms. The van der Waals surface area contributed by atoms with E-state index in [4.69, 9.17) is 10.7 Å². The fourth-order valence-electron chi connectivity index (χ4n) is 1.34. The minimum absolute atomic E-state index is 0.0359. The van der Waals surface area contributed by atoms with Gasteiger partial charge in [0.1, 0.15) is 0 Å². The van der Waals surface area contributed by atoms with Gasteiger partial charge in [-0.25, -0.2) is 8.42 Å². The van der Waals surface area contributed by atoms with Crippen LogP contribution in [-0.4, -0.2) is 21.5 Å². The molecule has 0 atom stereocenters.